The predicted octanol–water partition coefficient (Wildman–Crippen LogP) is 2.67. The van der Waals surface area contributed by atoms with Gasteiger partial charge in [0, 0.05) is 55.5 Å². The molecule has 142 valence electrons. The molecular formula is C20H24N4O3. The van der Waals surface area contributed by atoms with Gasteiger partial charge in [-0.3, -0.25) is 9.89 Å². The summed E-state index contributed by atoms with van der Waals surface area (Å²) < 4.78 is 10.5. The van der Waals surface area contributed by atoms with Crippen molar-refractivity contribution in [2.45, 2.75) is 25.4 Å². The average Bonchev–Trinajstić information content (AvgIpc) is 3.29. The summed E-state index contributed by atoms with van der Waals surface area (Å²) in [6.45, 7) is 0.0601. The van der Waals surface area contributed by atoms with Crippen molar-refractivity contribution in [1.82, 2.24) is 15.2 Å². The summed E-state index contributed by atoms with van der Waals surface area (Å²) in [6, 6.07) is 8.03. The number of aryl methyl sites for hydroxylation is 1. The SMILES string of the molecule is COCC(=O)N(C)c1ccc2cc(-c3n[nH]c4c3CC(OC)CC4)[nH]c2c1. The zero-order valence-electron chi connectivity index (χ0n) is 15.8. The summed E-state index contributed by atoms with van der Waals surface area (Å²) in [5.41, 5.74) is 6.14. The zero-order chi connectivity index (χ0) is 19.0. The Morgan fingerprint density at radius 1 is 1.33 bits per heavy atom. The fourth-order valence-corrected chi connectivity index (χ4v) is 3.70. The second-order valence-corrected chi connectivity index (χ2v) is 6.97. The highest BCUT2D eigenvalue weighted by atomic mass is 16.5. The Hall–Kier alpha value is -2.64. The molecule has 2 aromatic heterocycles. The fourth-order valence-electron chi connectivity index (χ4n) is 3.70. The summed E-state index contributed by atoms with van der Waals surface area (Å²) in [5.74, 6) is -0.0874. The number of nitrogens with zero attached hydrogens (tertiary/aromatic N) is 2. The van der Waals surface area contributed by atoms with E-state index in [1.807, 2.05) is 18.2 Å². The van der Waals surface area contributed by atoms with E-state index in [-0.39, 0.29) is 18.6 Å². The number of benzene rings is 1. The van der Waals surface area contributed by atoms with Crippen molar-refractivity contribution in [3.05, 3.63) is 35.5 Å². The van der Waals surface area contributed by atoms with Gasteiger partial charge in [-0.05, 0) is 31.0 Å². The first-order valence-electron chi connectivity index (χ1n) is 9.08. The number of hydrogen-bond donors (Lipinski definition) is 2. The van der Waals surface area contributed by atoms with E-state index in [4.69, 9.17) is 9.47 Å². The largest absolute Gasteiger partial charge is 0.381 e. The van der Waals surface area contributed by atoms with Crippen LogP contribution in [0.15, 0.2) is 24.3 Å². The monoisotopic (exact) mass is 368 g/mol. The normalized spacial score (nSPS) is 16.5. The zero-order valence-corrected chi connectivity index (χ0v) is 15.8. The van der Waals surface area contributed by atoms with Gasteiger partial charge in [0.25, 0.3) is 5.91 Å². The number of hydrogen-bond acceptors (Lipinski definition) is 4. The van der Waals surface area contributed by atoms with Gasteiger partial charge in [-0.1, -0.05) is 6.07 Å². The second kappa shape index (κ2) is 7.17. The Balaban J connectivity index is 1.67. The Kier molecular flexibility index (Phi) is 4.72. The topological polar surface area (TPSA) is 83.2 Å². The molecule has 0 saturated heterocycles. The maximum atomic E-state index is 12.1. The number of methoxy groups -OCH3 is 2. The number of H-pyrrole nitrogens is 2. The van der Waals surface area contributed by atoms with Crippen LogP contribution in [-0.4, -0.2) is 55.1 Å². The van der Waals surface area contributed by atoms with Gasteiger partial charge in [0.1, 0.15) is 12.3 Å². The van der Waals surface area contributed by atoms with Crippen LogP contribution >= 0.6 is 0 Å². The van der Waals surface area contributed by atoms with Crippen LogP contribution < -0.4 is 4.90 Å². The number of nitrogens with one attached hydrogen (secondary N) is 2. The molecule has 1 unspecified atom stereocenters. The number of carbonyl (C=O) groups excluding carboxylic acids is 1. The number of aromatic amines is 2. The molecule has 0 radical (unpaired) electrons. The second-order valence-electron chi connectivity index (χ2n) is 6.97. The van der Waals surface area contributed by atoms with E-state index in [0.717, 1.165) is 47.2 Å². The maximum Gasteiger partial charge on any atom is 0.252 e. The van der Waals surface area contributed by atoms with Crippen LogP contribution in [0.4, 0.5) is 5.69 Å². The summed E-state index contributed by atoms with van der Waals surface area (Å²) in [7, 11) is 5.04. The summed E-state index contributed by atoms with van der Waals surface area (Å²) in [5, 5.41) is 8.81. The van der Waals surface area contributed by atoms with E-state index in [0.29, 0.717) is 0 Å². The summed E-state index contributed by atoms with van der Waals surface area (Å²) in [4.78, 5) is 17.1. The number of amides is 1. The predicted molar refractivity (Wildman–Crippen MR) is 104 cm³/mol. The molecule has 1 aliphatic carbocycles. The number of likely N-dealkylation sites (N-methyl/N-ethyl adjacent to an activating group) is 1. The Morgan fingerprint density at radius 3 is 2.96 bits per heavy atom. The fraction of sp³-hybridized carbons (Fsp3) is 0.400. The van der Waals surface area contributed by atoms with Crippen LogP contribution in [0.25, 0.3) is 22.3 Å². The number of anilines is 1. The summed E-state index contributed by atoms with van der Waals surface area (Å²) >= 11 is 0. The van der Waals surface area contributed by atoms with Crippen LogP contribution in [0.5, 0.6) is 0 Å². The van der Waals surface area contributed by atoms with E-state index in [1.54, 1.807) is 19.1 Å². The molecule has 0 spiro atoms. The molecule has 27 heavy (non-hydrogen) atoms. The molecule has 0 bridgehead atoms. The van der Waals surface area contributed by atoms with Crippen LogP contribution in [0.2, 0.25) is 0 Å². The van der Waals surface area contributed by atoms with E-state index < -0.39 is 0 Å². The van der Waals surface area contributed by atoms with Gasteiger partial charge >= 0.3 is 0 Å². The Bertz CT molecular complexity index is 975. The molecule has 2 N–H and O–H groups in total. The molecule has 0 saturated carbocycles. The summed E-state index contributed by atoms with van der Waals surface area (Å²) in [6.07, 6.45) is 3.08. The first kappa shape index (κ1) is 17.8. The van der Waals surface area contributed by atoms with Gasteiger partial charge in [0.15, 0.2) is 0 Å². The quantitative estimate of drug-likeness (QED) is 0.725. The third-order valence-corrected chi connectivity index (χ3v) is 5.32. The van der Waals surface area contributed by atoms with Crippen molar-refractivity contribution in [3.63, 3.8) is 0 Å². The number of carbonyl (C=O) groups is 1. The van der Waals surface area contributed by atoms with Crippen LogP contribution in [0.3, 0.4) is 0 Å². The van der Waals surface area contributed by atoms with Crippen molar-refractivity contribution < 1.29 is 14.3 Å². The highest BCUT2D eigenvalue weighted by molar-refractivity contribution is 5.97. The Morgan fingerprint density at radius 2 is 2.19 bits per heavy atom. The van der Waals surface area contributed by atoms with E-state index in [1.165, 1.54) is 18.4 Å². The first-order valence-corrected chi connectivity index (χ1v) is 9.08. The molecular weight excluding hydrogens is 344 g/mol. The van der Waals surface area contributed by atoms with E-state index in [9.17, 15) is 4.79 Å². The number of rotatable bonds is 5. The molecule has 2 heterocycles. The average molecular weight is 368 g/mol. The molecule has 7 heteroatoms. The first-order chi connectivity index (χ1) is 13.1. The molecule has 7 nitrogen and oxygen atoms in total. The highest BCUT2D eigenvalue weighted by Gasteiger charge is 2.25. The van der Waals surface area contributed by atoms with E-state index >= 15 is 0 Å². The minimum absolute atomic E-state index is 0.0601. The van der Waals surface area contributed by atoms with Gasteiger partial charge in [0.2, 0.25) is 0 Å². The molecule has 0 aliphatic heterocycles. The molecule has 1 aliphatic rings. The van der Waals surface area contributed by atoms with Gasteiger partial charge in [-0.15, -0.1) is 0 Å². The van der Waals surface area contributed by atoms with Crippen molar-refractivity contribution in [3.8, 4) is 11.4 Å². The van der Waals surface area contributed by atoms with Gasteiger partial charge in [0.05, 0.1) is 11.8 Å². The van der Waals surface area contributed by atoms with Crippen LogP contribution in [0.1, 0.15) is 17.7 Å². The maximum absolute atomic E-state index is 12.1. The van der Waals surface area contributed by atoms with Crippen molar-refractivity contribution in [1.29, 1.82) is 0 Å². The third-order valence-electron chi connectivity index (χ3n) is 5.32. The van der Waals surface area contributed by atoms with Crippen molar-refractivity contribution >= 4 is 22.5 Å². The lowest BCUT2D eigenvalue weighted by atomic mass is 9.92. The van der Waals surface area contributed by atoms with Gasteiger partial charge < -0.3 is 19.4 Å². The van der Waals surface area contributed by atoms with E-state index in [2.05, 4.69) is 21.2 Å². The Labute approximate surface area is 157 Å². The molecule has 1 amide bonds. The van der Waals surface area contributed by atoms with Crippen LogP contribution in [-0.2, 0) is 27.1 Å². The lowest BCUT2D eigenvalue weighted by Gasteiger charge is -2.20. The minimum atomic E-state index is -0.0874. The van der Waals surface area contributed by atoms with Crippen molar-refractivity contribution in [2.24, 2.45) is 0 Å². The van der Waals surface area contributed by atoms with Gasteiger partial charge in [-0.25, -0.2) is 0 Å². The number of ether oxygens (including phenoxy) is 2. The molecule has 4 rings (SSSR count). The number of aromatic nitrogens is 3. The molecule has 3 aromatic rings. The lowest BCUT2D eigenvalue weighted by Crippen LogP contribution is -2.29. The van der Waals surface area contributed by atoms with Gasteiger partial charge in [-0.2, -0.15) is 5.10 Å². The highest BCUT2D eigenvalue weighted by Crippen LogP contribution is 2.32. The lowest BCUT2D eigenvalue weighted by molar-refractivity contribution is -0.121. The standard InChI is InChI=1S/C20H24N4O3/c1-24(19(25)11-26-2)13-5-4-12-8-18(21-17(12)9-13)20-15-10-14(27-3)6-7-16(15)22-23-20/h4-5,8-9,14,21H,6-7,10-11H2,1-3H3,(H,22,23). The molecule has 0 fully saturated rings. The molecule has 1 atom stereocenters. The molecule has 1 aromatic carbocycles. The number of fused-ring (bicyclic) bond motifs is 2. The third kappa shape index (κ3) is 3.24. The van der Waals surface area contributed by atoms with Crippen LogP contribution in [0, 0.1) is 0 Å². The van der Waals surface area contributed by atoms with Crippen molar-refractivity contribution in [2.75, 3.05) is 32.8 Å². The smallest absolute Gasteiger partial charge is 0.252 e. The minimum Gasteiger partial charge on any atom is -0.381 e.